The van der Waals surface area contributed by atoms with Crippen molar-refractivity contribution in [1.82, 2.24) is 5.06 Å². The second-order valence-electron chi connectivity index (χ2n) is 4.16. The fraction of sp³-hybridized carbons (Fsp3) is 0.750. The number of nitriles is 1. The van der Waals surface area contributed by atoms with Gasteiger partial charge in [-0.25, -0.2) is 9.95 Å². The lowest BCUT2D eigenvalue weighted by Crippen LogP contribution is -2.53. The van der Waals surface area contributed by atoms with Crippen molar-refractivity contribution in [2.24, 2.45) is 0 Å². The lowest BCUT2D eigenvalue weighted by Gasteiger charge is -2.33. The summed E-state index contributed by atoms with van der Waals surface area (Å²) in [5, 5.41) is 30.5. The minimum Gasteiger partial charge on any atom is -0.714 e. The van der Waals surface area contributed by atoms with Crippen LogP contribution in [0.3, 0.4) is 0 Å². The molecule has 0 aromatic rings. The molecule has 0 aliphatic carbocycles. The van der Waals surface area contributed by atoms with Gasteiger partial charge in [0.2, 0.25) is 0 Å². The van der Waals surface area contributed by atoms with Gasteiger partial charge in [0.1, 0.15) is 5.54 Å². The number of amidine groups is 1. The van der Waals surface area contributed by atoms with E-state index in [4.69, 9.17) is 5.26 Å². The molecule has 5 heteroatoms. The van der Waals surface area contributed by atoms with Crippen LogP contribution in [0.2, 0.25) is 0 Å². The fourth-order valence-corrected chi connectivity index (χ4v) is 1.22. The molecule has 1 heterocycles. The normalized spacial score (nSPS) is 24.8. The smallest absolute Gasteiger partial charge is 0.386 e. The van der Waals surface area contributed by atoms with E-state index in [0.29, 0.717) is 4.74 Å². The molecule has 0 radical (unpaired) electrons. The van der Waals surface area contributed by atoms with Crippen molar-refractivity contribution in [3.05, 3.63) is 5.21 Å². The molecule has 0 amide bonds. The Morgan fingerprint density at radius 2 is 1.92 bits per heavy atom. The van der Waals surface area contributed by atoms with Crippen molar-refractivity contribution in [2.75, 3.05) is 0 Å². The van der Waals surface area contributed by atoms with Crippen molar-refractivity contribution in [3.8, 4) is 6.07 Å². The first-order chi connectivity index (χ1) is 5.76. The van der Waals surface area contributed by atoms with Gasteiger partial charge >= 0.3 is 5.84 Å². The minimum atomic E-state index is -0.813. The second kappa shape index (κ2) is 2.36. The van der Waals surface area contributed by atoms with Gasteiger partial charge in [0.15, 0.2) is 11.6 Å². The van der Waals surface area contributed by atoms with Gasteiger partial charge in [0.05, 0.1) is 0 Å². The lowest BCUT2D eigenvalue weighted by molar-refractivity contribution is -0.539. The maximum atomic E-state index is 11.5. The van der Waals surface area contributed by atoms with Crippen LogP contribution in [-0.2, 0) is 0 Å². The van der Waals surface area contributed by atoms with Crippen molar-refractivity contribution < 1.29 is 9.95 Å². The molecule has 0 saturated carbocycles. The molecule has 0 aromatic heterocycles. The van der Waals surface area contributed by atoms with E-state index >= 15 is 0 Å². The van der Waals surface area contributed by atoms with Crippen LogP contribution in [0.15, 0.2) is 0 Å². The van der Waals surface area contributed by atoms with Gasteiger partial charge in [0.25, 0.3) is 0 Å². The molecule has 1 aliphatic rings. The summed E-state index contributed by atoms with van der Waals surface area (Å²) >= 11 is 0. The number of hydrogen-bond donors (Lipinski definition) is 1. The summed E-state index contributed by atoms with van der Waals surface area (Å²) in [5.41, 5.74) is -1.58. The van der Waals surface area contributed by atoms with Gasteiger partial charge in [-0.1, -0.05) is 5.06 Å². The average molecular weight is 183 g/mol. The summed E-state index contributed by atoms with van der Waals surface area (Å²) in [7, 11) is 0. The Balaban J connectivity index is 3.32. The highest BCUT2D eigenvalue weighted by atomic mass is 16.5. The summed E-state index contributed by atoms with van der Waals surface area (Å²) in [6, 6.07) is 1.68. The minimum absolute atomic E-state index is 0.255. The largest absolute Gasteiger partial charge is 0.714 e. The maximum Gasteiger partial charge on any atom is 0.386 e. The Morgan fingerprint density at radius 3 is 2.08 bits per heavy atom. The van der Waals surface area contributed by atoms with Crippen LogP contribution in [0.4, 0.5) is 0 Å². The highest BCUT2D eigenvalue weighted by Crippen LogP contribution is 2.35. The molecule has 13 heavy (non-hydrogen) atoms. The van der Waals surface area contributed by atoms with E-state index in [2.05, 4.69) is 0 Å². The molecule has 1 rings (SSSR count). The Hall–Kier alpha value is -1.28. The SMILES string of the molecule is CC1(C)N(O)C(C#N)=[N+]([O-])C1(C)C. The van der Waals surface area contributed by atoms with Gasteiger partial charge < -0.3 is 5.21 Å². The van der Waals surface area contributed by atoms with E-state index in [1.165, 1.54) is 0 Å². The van der Waals surface area contributed by atoms with Gasteiger partial charge in [-0.15, -0.1) is 0 Å². The third-order valence-corrected chi connectivity index (χ3v) is 3.03. The van der Waals surface area contributed by atoms with Crippen molar-refractivity contribution >= 4 is 5.84 Å². The molecule has 0 aromatic carbocycles. The molecule has 0 saturated heterocycles. The van der Waals surface area contributed by atoms with Gasteiger partial charge in [-0.2, -0.15) is 5.26 Å². The molecule has 1 aliphatic heterocycles. The Bertz CT molecular complexity index is 312. The maximum absolute atomic E-state index is 11.5. The van der Waals surface area contributed by atoms with Crippen LogP contribution in [0.1, 0.15) is 27.7 Å². The number of hydroxylamine groups is 3. The third-order valence-electron chi connectivity index (χ3n) is 3.03. The quantitative estimate of drug-likeness (QED) is 0.442. The fourth-order valence-electron chi connectivity index (χ4n) is 1.22. The average Bonchev–Trinajstić information content (AvgIpc) is 2.13. The molecule has 5 nitrogen and oxygen atoms in total. The molecule has 1 N–H and O–H groups in total. The van der Waals surface area contributed by atoms with Crippen LogP contribution in [0.5, 0.6) is 0 Å². The number of nitrogens with zero attached hydrogens (tertiary/aromatic N) is 3. The first-order valence-electron chi connectivity index (χ1n) is 4.00. The summed E-state index contributed by atoms with van der Waals surface area (Å²) in [6.45, 7) is 6.80. The van der Waals surface area contributed by atoms with E-state index in [-0.39, 0.29) is 5.84 Å². The monoisotopic (exact) mass is 183 g/mol. The van der Waals surface area contributed by atoms with Gasteiger partial charge in [-0.05, 0) is 27.7 Å². The standard InChI is InChI=1S/C8H13N3O2/c1-7(2)8(3,4)11(13)6(5-9)10(7)12/h12H,1-4H3. The summed E-state index contributed by atoms with van der Waals surface area (Å²) < 4.78 is 0.549. The van der Waals surface area contributed by atoms with Crippen molar-refractivity contribution in [2.45, 2.75) is 38.8 Å². The van der Waals surface area contributed by atoms with Crippen LogP contribution in [-0.4, -0.2) is 31.9 Å². The van der Waals surface area contributed by atoms with E-state index in [1.54, 1.807) is 33.8 Å². The zero-order valence-corrected chi connectivity index (χ0v) is 8.20. The zero-order valence-electron chi connectivity index (χ0n) is 8.20. The zero-order chi connectivity index (χ0) is 10.4. The summed E-state index contributed by atoms with van der Waals surface area (Å²) in [5.74, 6) is -0.255. The Labute approximate surface area is 77.0 Å². The molecule has 0 atom stereocenters. The Morgan fingerprint density at radius 1 is 1.46 bits per heavy atom. The van der Waals surface area contributed by atoms with Crippen molar-refractivity contribution in [1.29, 1.82) is 5.26 Å². The van der Waals surface area contributed by atoms with Gasteiger partial charge in [-0.3, -0.25) is 0 Å². The third kappa shape index (κ3) is 0.923. The molecule has 72 valence electrons. The highest BCUT2D eigenvalue weighted by Gasteiger charge is 2.58. The first-order valence-corrected chi connectivity index (χ1v) is 4.00. The van der Waals surface area contributed by atoms with Crippen LogP contribution < -0.4 is 0 Å². The lowest BCUT2D eigenvalue weighted by atomic mass is 9.84. The van der Waals surface area contributed by atoms with Crippen LogP contribution >= 0.6 is 0 Å². The molecule has 0 bridgehead atoms. The second-order valence-corrected chi connectivity index (χ2v) is 4.16. The highest BCUT2D eigenvalue weighted by molar-refractivity contribution is 5.93. The topological polar surface area (TPSA) is 73.3 Å². The van der Waals surface area contributed by atoms with Crippen LogP contribution in [0, 0.1) is 16.5 Å². The predicted molar refractivity (Wildman–Crippen MR) is 46.0 cm³/mol. The molecule has 0 unspecified atom stereocenters. The summed E-state index contributed by atoms with van der Waals surface area (Å²) in [4.78, 5) is 0. The van der Waals surface area contributed by atoms with Crippen molar-refractivity contribution in [3.63, 3.8) is 0 Å². The molecule has 0 spiro atoms. The first kappa shape index (κ1) is 9.81. The summed E-state index contributed by atoms with van der Waals surface area (Å²) in [6.07, 6.45) is 0. The number of hydrogen-bond acceptors (Lipinski definition) is 4. The van der Waals surface area contributed by atoms with Crippen LogP contribution in [0.25, 0.3) is 0 Å². The van der Waals surface area contributed by atoms with Gasteiger partial charge in [0, 0.05) is 0 Å². The Kier molecular flexibility index (Phi) is 1.78. The molecule has 0 fully saturated rings. The predicted octanol–water partition coefficient (Wildman–Crippen LogP) is 0.681. The number of rotatable bonds is 0. The molecular weight excluding hydrogens is 170 g/mol. The molecular formula is C8H13N3O2. The van der Waals surface area contributed by atoms with E-state index in [1.807, 2.05) is 0 Å². The van der Waals surface area contributed by atoms with E-state index in [9.17, 15) is 10.4 Å². The van der Waals surface area contributed by atoms with E-state index < -0.39 is 11.1 Å². The van der Waals surface area contributed by atoms with E-state index in [0.717, 1.165) is 5.06 Å².